The van der Waals surface area contributed by atoms with Crippen molar-refractivity contribution in [3.63, 3.8) is 0 Å². The number of rotatable bonds is 5. The number of ether oxygens (including phenoxy) is 3. The standard InChI is InChI=1S/C26H28O7/c1-14(2)6-5-10-26(3)11-9-16-20(33-26)12-18(27)21-22(28)17(13-32-25(16)21)15-7-8-19(31-4)24(30)23(15)29/h6-9,11-12,17,27,29-30H,5,10,13H2,1-4H3. The molecule has 2 aliphatic heterocycles. The molecule has 2 atom stereocenters. The molecule has 2 aromatic carbocycles. The van der Waals surface area contributed by atoms with E-state index in [9.17, 15) is 20.1 Å². The van der Waals surface area contributed by atoms with Gasteiger partial charge in [0.05, 0.1) is 18.6 Å². The van der Waals surface area contributed by atoms with Gasteiger partial charge in [0.2, 0.25) is 5.75 Å². The fraction of sp³-hybridized carbons (Fsp3) is 0.346. The van der Waals surface area contributed by atoms with E-state index in [1.165, 1.54) is 30.9 Å². The van der Waals surface area contributed by atoms with Crippen LogP contribution in [0.1, 0.15) is 61.0 Å². The number of Topliss-reactive ketones (excluding diaryl/α,β-unsaturated/α-hetero) is 1. The molecule has 7 nitrogen and oxygen atoms in total. The molecule has 3 N–H and O–H groups in total. The maximum absolute atomic E-state index is 13.3. The highest BCUT2D eigenvalue weighted by Crippen LogP contribution is 2.49. The number of ketones is 1. The summed E-state index contributed by atoms with van der Waals surface area (Å²) in [4.78, 5) is 13.3. The molecule has 174 valence electrons. The Labute approximate surface area is 192 Å². The van der Waals surface area contributed by atoms with Crippen molar-refractivity contribution in [2.45, 2.75) is 45.1 Å². The number of phenols is 3. The topological polar surface area (TPSA) is 105 Å². The van der Waals surface area contributed by atoms with Crippen molar-refractivity contribution < 1.29 is 34.3 Å². The Hall–Kier alpha value is -3.61. The Morgan fingerprint density at radius 1 is 1.24 bits per heavy atom. The van der Waals surface area contributed by atoms with E-state index in [0.717, 1.165) is 12.8 Å². The molecule has 0 amide bonds. The van der Waals surface area contributed by atoms with Crippen molar-refractivity contribution in [3.8, 4) is 34.5 Å². The second-order valence-corrected chi connectivity index (χ2v) is 8.86. The molecular weight excluding hydrogens is 424 g/mol. The third-order valence-electron chi connectivity index (χ3n) is 6.10. The van der Waals surface area contributed by atoms with Crippen LogP contribution in [0.5, 0.6) is 34.5 Å². The van der Waals surface area contributed by atoms with Crippen LogP contribution in [0.25, 0.3) is 6.08 Å². The fourth-order valence-corrected chi connectivity index (χ4v) is 4.26. The Morgan fingerprint density at radius 3 is 2.70 bits per heavy atom. The molecule has 7 heteroatoms. The summed E-state index contributed by atoms with van der Waals surface area (Å²) in [5, 5.41) is 31.3. The monoisotopic (exact) mass is 452 g/mol. The first-order valence-corrected chi connectivity index (χ1v) is 10.8. The van der Waals surface area contributed by atoms with Gasteiger partial charge >= 0.3 is 0 Å². The average Bonchev–Trinajstić information content (AvgIpc) is 2.75. The first-order chi connectivity index (χ1) is 15.6. The molecule has 0 bridgehead atoms. The van der Waals surface area contributed by atoms with Gasteiger partial charge in [-0.3, -0.25) is 4.79 Å². The molecule has 0 saturated heterocycles. The van der Waals surface area contributed by atoms with Crippen molar-refractivity contribution >= 4 is 11.9 Å². The fourth-order valence-electron chi connectivity index (χ4n) is 4.26. The van der Waals surface area contributed by atoms with Gasteiger partial charge in [-0.2, -0.15) is 0 Å². The van der Waals surface area contributed by atoms with Crippen molar-refractivity contribution in [1.82, 2.24) is 0 Å². The summed E-state index contributed by atoms with van der Waals surface area (Å²) in [7, 11) is 1.36. The Kier molecular flexibility index (Phi) is 5.74. The second-order valence-electron chi connectivity index (χ2n) is 8.86. The zero-order valence-corrected chi connectivity index (χ0v) is 19.1. The molecule has 4 rings (SSSR count). The van der Waals surface area contributed by atoms with Gasteiger partial charge < -0.3 is 29.5 Å². The average molecular weight is 453 g/mol. The largest absolute Gasteiger partial charge is 0.507 e. The number of phenolic OH excluding ortho intramolecular Hbond substituents is 3. The first-order valence-electron chi connectivity index (χ1n) is 10.8. The van der Waals surface area contributed by atoms with Crippen LogP contribution in [-0.4, -0.2) is 40.4 Å². The van der Waals surface area contributed by atoms with Crippen LogP contribution in [0.3, 0.4) is 0 Å². The van der Waals surface area contributed by atoms with Crippen LogP contribution in [0.2, 0.25) is 0 Å². The van der Waals surface area contributed by atoms with Gasteiger partial charge in [0.1, 0.15) is 35.0 Å². The van der Waals surface area contributed by atoms with Gasteiger partial charge in [0.25, 0.3) is 0 Å². The van der Waals surface area contributed by atoms with E-state index in [2.05, 4.69) is 6.08 Å². The van der Waals surface area contributed by atoms with Gasteiger partial charge in [0, 0.05) is 11.6 Å². The van der Waals surface area contributed by atoms with E-state index in [4.69, 9.17) is 14.2 Å². The van der Waals surface area contributed by atoms with Gasteiger partial charge in [-0.25, -0.2) is 0 Å². The van der Waals surface area contributed by atoms with E-state index in [0.29, 0.717) is 11.3 Å². The number of hydrogen-bond donors (Lipinski definition) is 3. The van der Waals surface area contributed by atoms with Gasteiger partial charge in [0.15, 0.2) is 17.3 Å². The van der Waals surface area contributed by atoms with Crippen molar-refractivity contribution in [2.75, 3.05) is 13.7 Å². The maximum atomic E-state index is 13.3. The Balaban J connectivity index is 1.67. The Bertz CT molecular complexity index is 1170. The lowest BCUT2D eigenvalue weighted by molar-refractivity contribution is 0.0886. The summed E-state index contributed by atoms with van der Waals surface area (Å²) in [5.74, 6) is -1.68. The third kappa shape index (κ3) is 3.99. The zero-order valence-electron chi connectivity index (χ0n) is 19.1. The number of allylic oxidation sites excluding steroid dienone is 2. The SMILES string of the molecule is COc1ccc(C2COc3c4c(cc(O)c3C2=O)OC(C)(CCC=C(C)C)C=C4)c(O)c1O. The van der Waals surface area contributed by atoms with E-state index >= 15 is 0 Å². The normalized spacial score (nSPS) is 20.8. The zero-order chi connectivity index (χ0) is 23.9. The smallest absolute Gasteiger partial charge is 0.200 e. The lowest BCUT2D eigenvalue weighted by atomic mass is 9.85. The number of carbonyl (C=O) groups excluding carboxylic acids is 1. The summed E-state index contributed by atoms with van der Waals surface area (Å²) in [5.41, 5.74) is 1.51. The van der Waals surface area contributed by atoms with Crippen molar-refractivity contribution in [2.24, 2.45) is 0 Å². The third-order valence-corrected chi connectivity index (χ3v) is 6.10. The predicted molar refractivity (Wildman–Crippen MR) is 124 cm³/mol. The molecule has 0 aliphatic carbocycles. The minimum Gasteiger partial charge on any atom is -0.507 e. The Morgan fingerprint density at radius 2 is 2.00 bits per heavy atom. The number of aromatic hydroxyl groups is 3. The maximum Gasteiger partial charge on any atom is 0.200 e. The highest BCUT2D eigenvalue weighted by Gasteiger charge is 2.39. The minimum atomic E-state index is -0.902. The summed E-state index contributed by atoms with van der Waals surface area (Å²) >= 11 is 0. The summed E-state index contributed by atoms with van der Waals surface area (Å²) in [6.45, 7) is 6.01. The first kappa shape index (κ1) is 22.6. The summed E-state index contributed by atoms with van der Waals surface area (Å²) < 4.78 is 17.1. The number of fused-ring (bicyclic) bond motifs is 3. The van der Waals surface area contributed by atoms with E-state index in [1.54, 1.807) is 0 Å². The molecule has 0 aromatic heterocycles. The lowest BCUT2D eigenvalue weighted by Crippen LogP contribution is -2.33. The molecule has 0 saturated carbocycles. The molecule has 2 unspecified atom stereocenters. The van der Waals surface area contributed by atoms with E-state index < -0.39 is 28.8 Å². The van der Waals surface area contributed by atoms with E-state index in [-0.39, 0.29) is 35.0 Å². The minimum absolute atomic E-state index is 0.0288. The van der Waals surface area contributed by atoms with Crippen LogP contribution in [0.15, 0.2) is 35.9 Å². The van der Waals surface area contributed by atoms with Crippen LogP contribution < -0.4 is 14.2 Å². The van der Waals surface area contributed by atoms with E-state index in [1.807, 2.05) is 32.9 Å². The van der Waals surface area contributed by atoms with Crippen LogP contribution in [0, 0.1) is 0 Å². The molecule has 2 heterocycles. The quantitative estimate of drug-likeness (QED) is 0.429. The second kappa shape index (κ2) is 8.39. The highest BCUT2D eigenvalue weighted by atomic mass is 16.5. The molecule has 2 aliphatic rings. The molecular formula is C26H28O7. The van der Waals surface area contributed by atoms with Gasteiger partial charge in [-0.15, -0.1) is 0 Å². The highest BCUT2D eigenvalue weighted by molar-refractivity contribution is 6.08. The molecule has 2 aromatic rings. The summed E-state index contributed by atoms with van der Waals surface area (Å²) in [6.07, 6.45) is 7.57. The van der Waals surface area contributed by atoms with Gasteiger partial charge in [-0.05, 0) is 51.8 Å². The number of methoxy groups -OCH3 is 1. The lowest BCUT2D eigenvalue weighted by Gasteiger charge is -2.34. The number of carbonyl (C=O) groups is 1. The van der Waals surface area contributed by atoms with Crippen molar-refractivity contribution in [1.29, 1.82) is 0 Å². The predicted octanol–water partition coefficient (Wildman–Crippen LogP) is 5.08. The molecule has 0 spiro atoms. The number of benzene rings is 2. The molecule has 0 fully saturated rings. The molecule has 33 heavy (non-hydrogen) atoms. The molecule has 0 radical (unpaired) electrons. The summed E-state index contributed by atoms with van der Waals surface area (Å²) in [6, 6.07) is 4.40. The van der Waals surface area contributed by atoms with Gasteiger partial charge in [-0.1, -0.05) is 17.7 Å². The van der Waals surface area contributed by atoms with Crippen LogP contribution >= 0.6 is 0 Å². The van der Waals surface area contributed by atoms with Crippen LogP contribution in [0.4, 0.5) is 0 Å². The van der Waals surface area contributed by atoms with Crippen molar-refractivity contribution in [3.05, 3.63) is 52.6 Å². The number of hydrogen-bond acceptors (Lipinski definition) is 7. The van der Waals surface area contributed by atoms with Crippen LogP contribution in [-0.2, 0) is 0 Å².